The molecule has 0 spiro atoms. The number of aliphatic hydroxyl groups excluding tert-OH is 1. The van der Waals surface area contributed by atoms with Crippen molar-refractivity contribution in [3.05, 3.63) is 28.2 Å². The molecule has 18 heavy (non-hydrogen) atoms. The molecular weight excluding hydrogens is 318 g/mol. The zero-order chi connectivity index (χ0) is 14.0. The summed E-state index contributed by atoms with van der Waals surface area (Å²) in [6.45, 7) is 5.58. The van der Waals surface area contributed by atoms with Gasteiger partial charge in [0.2, 0.25) is 10.0 Å². The van der Waals surface area contributed by atoms with E-state index in [-0.39, 0.29) is 18.0 Å². The van der Waals surface area contributed by atoms with E-state index in [4.69, 9.17) is 5.11 Å². The van der Waals surface area contributed by atoms with Crippen molar-refractivity contribution in [2.24, 2.45) is 5.41 Å². The van der Waals surface area contributed by atoms with Gasteiger partial charge in [0, 0.05) is 23.0 Å². The van der Waals surface area contributed by atoms with Crippen molar-refractivity contribution in [3.63, 3.8) is 0 Å². The number of aliphatic hydroxyl groups is 1. The molecule has 102 valence electrons. The lowest BCUT2D eigenvalue weighted by Gasteiger charge is -2.22. The fourth-order valence-electron chi connectivity index (χ4n) is 1.25. The van der Waals surface area contributed by atoms with Gasteiger partial charge in [0.1, 0.15) is 0 Å². The molecule has 0 saturated heterocycles. The van der Waals surface area contributed by atoms with Crippen molar-refractivity contribution >= 4 is 26.0 Å². The molecule has 0 aliphatic rings. The number of sulfonamides is 1. The molecule has 0 radical (unpaired) electrons. The summed E-state index contributed by atoms with van der Waals surface area (Å²) < 4.78 is 27.3. The third-order valence-corrected chi connectivity index (χ3v) is 4.92. The van der Waals surface area contributed by atoms with Crippen LogP contribution in [0.15, 0.2) is 27.6 Å². The third kappa shape index (κ3) is 4.05. The van der Waals surface area contributed by atoms with Crippen molar-refractivity contribution in [3.8, 4) is 0 Å². The Labute approximate surface area is 117 Å². The summed E-state index contributed by atoms with van der Waals surface area (Å²) in [6, 6.07) is 5.07. The standard InChI is InChI=1S/C12H18BrNO3S/c1-9-4-5-11(10(13)6-9)18(16,17)14-7-12(2,3)8-15/h4-6,14-15H,7-8H2,1-3H3. The number of halogens is 1. The molecule has 0 amide bonds. The number of benzene rings is 1. The first-order chi connectivity index (χ1) is 8.18. The molecule has 0 saturated carbocycles. The van der Waals surface area contributed by atoms with Gasteiger partial charge in [-0.15, -0.1) is 0 Å². The molecule has 0 aromatic heterocycles. The lowest BCUT2D eigenvalue weighted by atomic mass is 9.96. The fraction of sp³-hybridized carbons (Fsp3) is 0.500. The Morgan fingerprint density at radius 2 is 2.00 bits per heavy atom. The summed E-state index contributed by atoms with van der Waals surface area (Å²) in [5.41, 5.74) is 0.501. The summed E-state index contributed by atoms with van der Waals surface area (Å²) in [6.07, 6.45) is 0. The average molecular weight is 336 g/mol. The van der Waals surface area contributed by atoms with E-state index in [1.54, 1.807) is 32.0 Å². The van der Waals surface area contributed by atoms with Gasteiger partial charge in [0.05, 0.1) is 4.90 Å². The van der Waals surface area contributed by atoms with Crippen molar-refractivity contribution < 1.29 is 13.5 Å². The second kappa shape index (κ2) is 5.69. The van der Waals surface area contributed by atoms with Gasteiger partial charge in [-0.3, -0.25) is 0 Å². The van der Waals surface area contributed by atoms with Crippen LogP contribution in [-0.4, -0.2) is 26.7 Å². The molecule has 0 heterocycles. The highest BCUT2D eigenvalue weighted by atomic mass is 79.9. The summed E-state index contributed by atoms with van der Waals surface area (Å²) in [5.74, 6) is 0. The molecule has 6 heteroatoms. The van der Waals surface area contributed by atoms with Crippen LogP contribution in [0.5, 0.6) is 0 Å². The SMILES string of the molecule is Cc1ccc(S(=O)(=O)NCC(C)(C)CO)c(Br)c1. The van der Waals surface area contributed by atoms with Gasteiger partial charge in [0.15, 0.2) is 0 Å². The van der Waals surface area contributed by atoms with Gasteiger partial charge in [-0.1, -0.05) is 19.9 Å². The van der Waals surface area contributed by atoms with E-state index in [1.807, 2.05) is 6.92 Å². The monoisotopic (exact) mass is 335 g/mol. The van der Waals surface area contributed by atoms with Crippen LogP contribution in [-0.2, 0) is 10.0 Å². The van der Waals surface area contributed by atoms with Crippen LogP contribution in [0, 0.1) is 12.3 Å². The fourth-order valence-corrected chi connectivity index (χ4v) is 3.68. The number of aryl methyl sites for hydroxylation is 1. The molecule has 0 unspecified atom stereocenters. The highest BCUT2D eigenvalue weighted by molar-refractivity contribution is 9.10. The predicted octanol–water partition coefficient (Wildman–Crippen LogP) is 2.05. The maximum Gasteiger partial charge on any atom is 0.241 e. The molecule has 0 fully saturated rings. The van der Waals surface area contributed by atoms with E-state index < -0.39 is 15.4 Å². The van der Waals surface area contributed by atoms with Crippen LogP contribution in [0.25, 0.3) is 0 Å². The Hall–Kier alpha value is -0.430. The Bertz CT molecular complexity index is 526. The number of hydrogen-bond acceptors (Lipinski definition) is 3. The van der Waals surface area contributed by atoms with Crippen LogP contribution >= 0.6 is 15.9 Å². The van der Waals surface area contributed by atoms with Crippen LogP contribution in [0.4, 0.5) is 0 Å². The number of nitrogens with one attached hydrogen (secondary N) is 1. The highest BCUT2D eigenvalue weighted by Gasteiger charge is 2.23. The van der Waals surface area contributed by atoms with Gasteiger partial charge in [0.25, 0.3) is 0 Å². The maximum atomic E-state index is 12.1. The first-order valence-corrected chi connectivity index (χ1v) is 7.82. The van der Waals surface area contributed by atoms with E-state index in [1.165, 1.54) is 0 Å². The molecule has 4 nitrogen and oxygen atoms in total. The first-order valence-electron chi connectivity index (χ1n) is 5.55. The maximum absolute atomic E-state index is 12.1. The van der Waals surface area contributed by atoms with Crippen LogP contribution in [0.2, 0.25) is 0 Å². The van der Waals surface area contributed by atoms with E-state index in [2.05, 4.69) is 20.7 Å². The number of rotatable bonds is 5. The third-order valence-electron chi connectivity index (χ3n) is 2.55. The molecule has 0 atom stereocenters. The highest BCUT2D eigenvalue weighted by Crippen LogP contribution is 2.23. The van der Waals surface area contributed by atoms with E-state index in [0.29, 0.717) is 4.47 Å². The molecule has 2 N–H and O–H groups in total. The normalized spacial score (nSPS) is 12.7. The second-order valence-electron chi connectivity index (χ2n) is 5.08. The Morgan fingerprint density at radius 1 is 1.39 bits per heavy atom. The van der Waals surface area contributed by atoms with E-state index in [0.717, 1.165) is 5.56 Å². The minimum absolute atomic E-state index is 0.0788. The lowest BCUT2D eigenvalue weighted by Crippen LogP contribution is -2.36. The largest absolute Gasteiger partial charge is 0.396 e. The minimum atomic E-state index is -3.56. The van der Waals surface area contributed by atoms with Gasteiger partial charge in [-0.25, -0.2) is 13.1 Å². The van der Waals surface area contributed by atoms with Gasteiger partial charge in [-0.05, 0) is 40.5 Å². The zero-order valence-electron chi connectivity index (χ0n) is 10.7. The van der Waals surface area contributed by atoms with Gasteiger partial charge in [-0.2, -0.15) is 0 Å². The summed E-state index contributed by atoms with van der Waals surface area (Å²) in [7, 11) is -3.56. The lowest BCUT2D eigenvalue weighted by molar-refractivity contribution is 0.163. The van der Waals surface area contributed by atoms with Crippen molar-refractivity contribution in [2.45, 2.75) is 25.7 Å². The minimum Gasteiger partial charge on any atom is -0.396 e. The summed E-state index contributed by atoms with van der Waals surface area (Å²) in [5, 5.41) is 9.11. The molecule has 1 aromatic rings. The smallest absolute Gasteiger partial charge is 0.241 e. The molecule has 0 aliphatic heterocycles. The van der Waals surface area contributed by atoms with Gasteiger partial charge >= 0.3 is 0 Å². The van der Waals surface area contributed by atoms with Crippen LogP contribution < -0.4 is 4.72 Å². The van der Waals surface area contributed by atoms with Crippen molar-refractivity contribution in [2.75, 3.05) is 13.2 Å². The Morgan fingerprint density at radius 3 is 2.50 bits per heavy atom. The quantitative estimate of drug-likeness (QED) is 0.865. The average Bonchev–Trinajstić information content (AvgIpc) is 2.26. The second-order valence-corrected chi connectivity index (χ2v) is 7.67. The van der Waals surface area contributed by atoms with Gasteiger partial charge < -0.3 is 5.11 Å². The molecule has 1 aromatic carbocycles. The first kappa shape index (κ1) is 15.6. The Kier molecular flexibility index (Phi) is 4.94. The predicted molar refractivity (Wildman–Crippen MR) is 74.9 cm³/mol. The van der Waals surface area contributed by atoms with E-state index >= 15 is 0 Å². The van der Waals surface area contributed by atoms with Crippen molar-refractivity contribution in [1.82, 2.24) is 4.72 Å². The number of hydrogen-bond donors (Lipinski definition) is 2. The van der Waals surface area contributed by atoms with Crippen molar-refractivity contribution in [1.29, 1.82) is 0 Å². The van der Waals surface area contributed by atoms with Crippen LogP contribution in [0.3, 0.4) is 0 Å². The summed E-state index contributed by atoms with van der Waals surface area (Å²) in [4.78, 5) is 0.210. The molecular formula is C12H18BrNO3S. The molecule has 1 rings (SSSR count). The topological polar surface area (TPSA) is 66.4 Å². The van der Waals surface area contributed by atoms with Crippen LogP contribution in [0.1, 0.15) is 19.4 Å². The molecule has 0 bridgehead atoms. The van der Waals surface area contributed by atoms with E-state index in [9.17, 15) is 8.42 Å². The zero-order valence-corrected chi connectivity index (χ0v) is 13.1. The Balaban J connectivity index is 2.94. The summed E-state index contributed by atoms with van der Waals surface area (Å²) >= 11 is 3.25. The molecule has 0 aliphatic carbocycles.